The van der Waals surface area contributed by atoms with Gasteiger partial charge in [0.25, 0.3) is 0 Å². The van der Waals surface area contributed by atoms with Crippen LogP contribution in [0.3, 0.4) is 0 Å². The summed E-state index contributed by atoms with van der Waals surface area (Å²) in [6, 6.07) is 1.41. The number of nitrogens with two attached hydrogens (primary N) is 2. The van der Waals surface area contributed by atoms with Crippen molar-refractivity contribution in [3.8, 4) is 0 Å². The molecule has 1 unspecified atom stereocenters. The fourth-order valence-electron chi connectivity index (χ4n) is 4.43. The van der Waals surface area contributed by atoms with Crippen LogP contribution in [-0.4, -0.2) is 48.1 Å². The number of carbonyl (C=O) groups is 2. The molecular formula is C24H43N3O4Pt. The Morgan fingerprint density at radius 3 is 1.78 bits per heavy atom. The van der Waals surface area contributed by atoms with Gasteiger partial charge < -0.3 is 31.3 Å². The third-order valence-corrected chi connectivity index (χ3v) is 6.81. The second kappa shape index (κ2) is 16.8. The van der Waals surface area contributed by atoms with Crippen LogP contribution in [0.5, 0.6) is 0 Å². The Morgan fingerprint density at radius 2 is 1.47 bits per heavy atom. The van der Waals surface area contributed by atoms with Crippen molar-refractivity contribution in [3.63, 3.8) is 0 Å². The van der Waals surface area contributed by atoms with E-state index in [4.69, 9.17) is 11.5 Å². The Kier molecular flexibility index (Phi) is 16.4. The molecule has 0 radical (unpaired) electrons. The summed E-state index contributed by atoms with van der Waals surface area (Å²) >= 11 is 0. The summed E-state index contributed by atoms with van der Waals surface area (Å²) in [6.07, 6.45) is 16.3. The van der Waals surface area contributed by atoms with Crippen LogP contribution in [0.25, 0.3) is 0 Å². The van der Waals surface area contributed by atoms with Crippen molar-refractivity contribution in [3.05, 3.63) is 12.2 Å². The monoisotopic (exact) mass is 632 g/mol. The van der Waals surface area contributed by atoms with Crippen LogP contribution in [0.15, 0.2) is 12.2 Å². The van der Waals surface area contributed by atoms with Gasteiger partial charge in [-0.1, -0.05) is 44.8 Å². The average molecular weight is 633 g/mol. The molecule has 2 fully saturated rings. The number of carboxylic acid groups (broad SMARTS) is 2. The Hall–Kier alpha value is -0.752. The molecule has 0 saturated heterocycles. The summed E-state index contributed by atoms with van der Waals surface area (Å²) in [5.74, 6) is -3.08. The van der Waals surface area contributed by atoms with Crippen LogP contribution in [0.2, 0.25) is 0 Å². The van der Waals surface area contributed by atoms with Crippen LogP contribution in [0.4, 0.5) is 0 Å². The van der Waals surface area contributed by atoms with Crippen LogP contribution < -0.4 is 21.7 Å². The van der Waals surface area contributed by atoms with E-state index in [1.165, 1.54) is 58.3 Å². The van der Waals surface area contributed by atoms with Gasteiger partial charge in [-0.2, -0.15) is 0 Å². The largest absolute Gasteiger partial charge is 2.00 e. The zero-order valence-corrected chi connectivity index (χ0v) is 22.1. The van der Waals surface area contributed by atoms with Crippen molar-refractivity contribution in [2.24, 2.45) is 16.9 Å². The van der Waals surface area contributed by atoms with E-state index < -0.39 is 17.4 Å². The van der Waals surface area contributed by atoms with E-state index >= 15 is 0 Å². The zero-order valence-electron chi connectivity index (χ0n) is 19.8. The van der Waals surface area contributed by atoms with Crippen LogP contribution >= 0.6 is 0 Å². The smallest absolute Gasteiger partial charge is 0.549 e. The number of nitrogens with zero attached hydrogens (tertiary/aromatic N) is 1. The molecule has 2 saturated carbocycles. The van der Waals surface area contributed by atoms with Gasteiger partial charge in [-0.3, -0.25) is 4.90 Å². The zero-order chi connectivity index (χ0) is 23.3. The molecule has 2 aliphatic carbocycles. The summed E-state index contributed by atoms with van der Waals surface area (Å²) in [7, 11) is 0. The first-order chi connectivity index (χ1) is 14.7. The molecule has 0 aromatic rings. The Balaban J connectivity index is 0.000000596. The minimum atomic E-state index is -1.85. The molecule has 188 valence electrons. The summed E-state index contributed by atoms with van der Waals surface area (Å²) in [6.45, 7) is 5.22. The Labute approximate surface area is 208 Å². The number of hydrogen-bond donors (Lipinski definition) is 2. The van der Waals surface area contributed by atoms with Crippen molar-refractivity contribution >= 4 is 11.9 Å². The summed E-state index contributed by atoms with van der Waals surface area (Å²) in [4.78, 5) is 24.4. The van der Waals surface area contributed by atoms with Gasteiger partial charge in [-0.05, 0) is 64.8 Å². The van der Waals surface area contributed by atoms with Gasteiger partial charge >= 0.3 is 21.1 Å². The predicted molar refractivity (Wildman–Crippen MR) is 120 cm³/mol. The van der Waals surface area contributed by atoms with Gasteiger partial charge in [0.15, 0.2) is 0 Å². The van der Waals surface area contributed by atoms with Gasteiger partial charge in [-0.15, -0.1) is 0 Å². The first-order valence-corrected chi connectivity index (χ1v) is 12.1. The quantitative estimate of drug-likeness (QED) is 0.317. The molecule has 7 nitrogen and oxygen atoms in total. The molecule has 0 aromatic carbocycles. The van der Waals surface area contributed by atoms with E-state index in [0.717, 1.165) is 13.0 Å². The van der Waals surface area contributed by atoms with E-state index in [0.29, 0.717) is 31.1 Å². The Bertz CT molecular complexity index is 533. The second-order valence-electron chi connectivity index (χ2n) is 9.20. The molecule has 8 heteroatoms. The minimum absolute atomic E-state index is 0. The van der Waals surface area contributed by atoms with Crippen LogP contribution in [0.1, 0.15) is 90.9 Å². The van der Waals surface area contributed by atoms with Crippen molar-refractivity contribution in [2.45, 2.75) is 109 Å². The SMILES string of the molecule is CCC(CCCN1CCC=CC1C)(C(=O)[O-])C(=O)[O-].NC1CCCC1.NC1CCCC1.[Pt+2]. The van der Waals surface area contributed by atoms with Crippen LogP contribution in [0, 0.1) is 5.41 Å². The fourth-order valence-corrected chi connectivity index (χ4v) is 4.43. The average Bonchev–Trinajstić information content (AvgIpc) is 3.40. The molecule has 0 bridgehead atoms. The van der Waals surface area contributed by atoms with Crippen molar-refractivity contribution in [1.29, 1.82) is 0 Å². The standard InChI is InChI=1S/C14H23NO4.2C5H11N.Pt/c1-3-14(12(16)17,13(18)19)8-6-10-15-9-5-4-7-11(15)2;2*6-5-3-1-2-4-5;/h4,7,11H,3,5-6,8-10H2,1-2H3,(H,16,17)(H,18,19);2*5H,1-4,6H2;/q;;;+2/p-2. The summed E-state index contributed by atoms with van der Waals surface area (Å²) in [5.41, 5.74) is 9.22. The van der Waals surface area contributed by atoms with E-state index in [9.17, 15) is 19.8 Å². The number of rotatable bonds is 7. The number of hydrogen-bond acceptors (Lipinski definition) is 7. The van der Waals surface area contributed by atoms with Crippen LogP contribution in [-0.2, 0) is 30.7 Å². The van der Waals surface area contributed by atoms with Gasteiger partial charge in [0.05, 0.1) is 11.9 Å². The molecule has 0 amide bonds. The third kappa shape index (κ3) is 10.9. The maximum atomic E-state index is 11.1. The Morgan fingerprint density at radius 1 is 1.00 bits per heavy atom. The molecule has 1 aliphatic heterocycles. The van der Waals surface area contributed by atoms with Crippen molar-refractivity contribution < 1.29 is 40.9 Å². The van der Waals surface area contributed by atoms with Crippen molar-refractivity contribution in [2.75, 3.05) is 13.1 Å². The maximum Gasteiger partial charge on any atom is 2.00 e. The van der Waals surface area contributed by atoms with E-state index in [-0.39, 0.29) is 33.9 Å². The van der Waals surface area contributed by atoms with E-state index in [1.807, 2.05) is 0 Å². The number of carbonyl (C=O) groups excluding carboxylic acids is 2. The number of aliphatic carboxylic acids is 2. The van der Waals surface area contributed by atoms with Crippen molar-refractivity contribution in [1.82, 2.24) is 4.90 Å². The van der Waals surface area contributed by atoms with Gasteiger partial charge in [0, 0.05) is 30.1 Å². The minimum Gasteiger partial charge on any atom is -0.549 e. The molecule has 4 N–H and O–H groups in total. The van der Waals surface area contributed by atoms with E-state index in [2.05, 4.69) is 24.0 Å². The number of carboxylic acids is 2. The first kappa shape index (κ1) is 31.2. The third-order valence-electron chi connectivity index (χ3n) is 6.81. The molecule has 0 aromatic heterocycles. The van der Waals surface area contributed by atoms with Gasteiger partial charge in [-0.25, -0.2) is 0 Å². The second-order valence-corrected chi connectivity index (χ2v) is 9.20. The molecular weight excluding hydrogens is 589 g/mol. The van der Waals surface area contributed by atoms with Gasteiger partial charge in [0.2, 0.25) is 0 Å². The first-order valence-electron chi connectivity index (χ1n) is 12.1. The van der Waals surface area contributed by atoms with Gasteiger partial charge in [0.1, 0.15) is 0 Å². The molecule has 1 heterocycles. The van der Waals surface area contributed by atoms with E-state index in [1.54, 1.807) is 0 Å². The maximum absolute atomic E-state index is 11.1. The summed E-state index contributed by atoms with van der Waals surface area (Å²) < 4.78 is 0. The molecule has 1 atom stereocenters. The fraction of sp³-hybridized carbons (Fsp3) is 0.833. The normalized spacial score (nSPS) is 21.7. The predicted octanol–water partition coefficient (Wildman–Crippen LogP) is 1.09. The summed E-state index contributed by atoms with van der Waals surface area (Å²) in [5, 5.41) is 22.2. The molecule has 0 spiro atoms. The molecule has 3 rings (SSSR count). The molecule has 32 heavy (non-hydrogen) atoms. The topological polar surface area (TPSA) is 136 Å². The molecule has 3 aliphatic rings.